The normalized spacial score (nSPS) is 11.0. The van der Waals surface area contributed by atoms with Crippen molar-refractivity contribution in [2.24, 2.45) is 0 Å². The molecule has 0 amide bonds. The third kappa shape index (κ3) is 5.23. The topological polar surface area (TPSA) is 56.5 Å². The lowest BCUT2D eigenvalue weighted by molar-refractivity contribution is 0.700. The Hall–Kier alpha value is -2.12. The number of allylic oxidation sites excluding steroid dienone is 1. The lowest BCUT2D eigenvalue weighted by Gasteiger charge is -2.09. The predicted octanol–water partition coefficient (Wildman–Crippen LogP) is 5.07. The van der Waals surface area contributed by atoms with Crippen molar-refractivity contribution in [2.75, 3.05) is 0 Å². The van der Waals surface area contributed by atoms with Crippen molar-refractivity contribution in [1.29, 1.82) is 0 Å². The number of benzene rings is 1. The molecular weight excluding hydrogens is 386 g/mol. The van der Waals surface area contributed by atoms with Gasteiger partial charge in [-0.15, -0.1) is 16.8 Å². The average molecular weight is 412 g/mol. The van der Waals surface area contributed by atoms with Crippen LogP contribution in [0.2, 0.25) is 0 Å². The molecule has 0 saturated heterocycles. The molecule has 0 atom stereocenters. The van der Waals surface area contributed by atoms with E-state index in [2.05, 4.69) is 63.4 Å². The van der Waals surface area contributed by atoms with Crippen molar-refractivity contribution in [3.63, 3.8) is 0 Å². The number of aryl methyl sites for hydroxylation is 4. The van der Waals surface area contributed by atoms with Crippen LogP contribution in [0.5, 0.6) is 0 Å². The molecule has 0 bridgehead atoms. The fourth-order valence-corrected chi connectivity index (χ4v) is 4.75. The number of hydrogen-bond donors (Lipinski definition) is 0. The molecule has 28 heavy (non-hydrogen) atoms. The van der Waals surface area contributed by atoms with Gasteiger partial charge in [0.1, 0.15) is 5.82 Å². The predicted molar refractivity (Wildman–Crippen MR) is 117 cm³/mol. The fourth-order valence-electron chi connectivity index (χ4n) is 2.83. The van der Waals surface area contributed by atoms with Gasteiger partial charge >= 0.3 is 0 Å². The number of hydrogen-bond acceptors (Lipinski definition) is 6. The Bertz CT molecular complexity index is 961. The van der Waals surface area contributed by atoms with Gasteiger partial charge in [0.05, 0.1) is 5.75 Å². The first-order chi connectivity index (χ1) is 13.5. The number of nitrogens with zero attached hydrogens (tertiary/aromatic N) is 5. The first-order valence-corrected chi connectivity index (χ1v) is 11.1. The third-order valence-corrected chi connectivity index (χ3v) is 6.12. The molecule has 1 aromatic carbocycles. The highest BCUT2D eigenvalue weighted by Gasteiger charge is 2.14. The summed E-state index contributed by atoms with van der Waals surface area (Å²) in [4.78, 5) is 8.99. The van der Waals surface area contributed by atoms with Gasteiger partial charge in [0.25, 0.3) is 0 Å². The zero-order chi connectivity index (χ0) is 20.1. The minimum Gasteiger partial charge on any atom is -0.301 e. The van der Waals surface area contributed by atoms with E-state index in [-0.39, 0.29) is 0 Å². The van der Waals surface area contributed by atoms with Crippen LogP contribution in [0, 0.1) is 27.7 Å². The smallest absolute Gasteiger partial charge is 0.191 e. The molecule has 3 aromatic rings. The van der Waals surface area contributed by atoms with E-state index in [9.17, 15) is 0 Å². The molecule has 0 N–H and O–H groups in total. The molecule has 0 spiro atoms. The van der Waals surface area contributed by atoms with Crippen LogP contribution in [0.25, 0.3) is 0 Å². The highest BCUT2D eigenvalue weighted by molar-refractivity contribution is 7.98. The Morgan fingerprint density at radius 3 is 2.43 bits per heavy atom. The summed E-state index contributed by atoms with van der Waals surface area (Å²) >= 11 is 3.30. The summed E-state index contributed by atoms with van der Waals surface area (Å²) in [6.07, 6.45) is 1.88. The van der Waals surface area contributed by atoms with Crippen LogP contribution < -0.4 is 0 Å². The Morgan fingerprint density at radius 1 is 0.964 bits per heavy atom. The zero-order valence-electron chi connectivity index (χ0n) is 16.8. The van der Waals surface area contributed by atoms with Gasteiger partial charge in [0, 0.05) is 23.7 Å². The maximum atomic E-state index is 4.49. The Balaban J connectivity index is 1.73. The molecule has 7 heteroatoms. The second-order valence-corrected chi connectivity index (χ2v) is 8.62. The Kier molecular flexibility index (Phi) is 6.91. The van der Waals surface area contributed by atoms with Crippen molar-refractivity contribution in [1.82, 2.24) is 24.7 Å². The van der Waals surface area contributed by atoms with Crippen molar-refractivity contribution < 1.29 is 0 Å². The van der Waals surface area contributed by atoms with Crippen molar-refractivity contribution >= 4 is 23.5 Å². The Labute approximate surface area is 175 Å². The summed E-state index contributed by atoms with van der Waals surface area (Å²) in [5.41, 5.74) is 5.87. The standard InChI is InChI=1S/C21H25N5S2/c1-6-9-26-19(13-27-20-22-16(4)11-17(5)23-20)24-25-21(26)28-12-18-10-14(2)7-8-15(18)3/h6-8,10-11H,1,9,12-13H2,2-5H3. The molecule has 0 aliphatic rings. The maximum absolute atomic E-state index is 4.49. The summed E-state index contributed by atoms with van der Waals surface area (Å²) < 4.78 is 2.12. The molecule has 146 valence electrons. The SMILES string of the molecule is C=CCn1c(CSc2nc(C)cc(C)n2)nnc1SCc1cc(C)ccc1C. The van der Waals surface area contributed by atoms with Crippen molar-refractivity contribution in [3.05, 3.63) is 70.8 Å². The van der Waals surface area contributed by atoms with Gasteiger partial charge in [-0.2, -0.15) is 0 Å². The molecule has 3 rings (SSSR count). The van der Waals surface area contributed by atoms with Crippen LogP contribution in [0.15, 0.2) is 47.2 Å². The molecule has 0 unspecified atom stereocenters. The number of thioether (sulfide) groups is 2. The van der Waals surface area contributed by atoms with Crippen LogP contribution in [0.1, 0.15) is 33.9 Å². The molecule has 0 fully saturated rings. The van der Waals surface area contributed by atoms with Gasteiger partial charge < -0.3 is 4.57 Å². The molecule has 5 nitrogen and oxygen atoms in total. The van der Waals surface area contributed by atoms with E-state index < -0.39 is 0 Å². The monoisotopic (exact) mass is 411 g/mol. The fraction of sp³-hybridized carbons (Fsp3) is 0.333. The third-order valence-electron chi connectivity index (χ3n) is 4.26. The van der Waals surface area contributed by atoms with E-state index >= 15 is 0 Å². The summed E-state index contributed by atoms with van der Waals surface area (Å²) in [7, 11) is 0. The van der Waals surface area contributed by atoms with Gasteiger partial charge in [-0.25, -0.2) is 9.97 Å². The van der Waals surface area contributed by atoms with Gasteiger partial charge in [0.15, 0.2) is 10.3 Å². The summed E-state index contributed by atoms with van der Waals surface area (Å²) in [5.74, 6) is 2.46. The molecule has 0 saturated carbocycles. The van der Waals surface area contributed by atoms with Crippen LogP contribution >= 0.6 is 23.5 Å². The first kappa shape index (κ1) is 20.6. The minimum absolute atomic E-state index is 0.674. The van der Waals surface area contributed by atoms with Crippen LogP contribution in [0.4, 0.5) is 0 Å². The van der Waals surface area contributed by atoms with E-state index in [1.165, 1.54) is 16.7 Å². The molecular formula is C21H25N5S2. The van der Waals surface area contributed by atoms with Crippen LogP contribution in [-0.2, 0) is 18.1 Å². The summed E-state index contributed by atoms with van der Waals surface area (Å²) in [6.45, 7) is 12.8. The lowest BCUT2D eigenvalue weighted by Crippen LogP contribution is -2.03. The minimum atomic E-state index is 0.674. The number of rotatable bonds is 8. The van der Waals surface area contributed by atoms with E-state index in [0.29, 0.717) is 12.3 Å². The molecule has 2 aromatic heterocycles. The molecule has 0 radical (unpaired) electrons. The van der Waals surface area contributed by atoms with Crippen molar-refractivity contribution in [3.8, 4) is 0 Å². The lowest BCUT2D eigenvalue weighted by atomic mass is 10.1. The number of aromatic nitrogens is 5. The maximum Gasteiger partial charge on any atom is 0.191 e. The Morgan fingerprint density at radius 2 is 1.71 bits per heavy atom. The van der Waals surface area contributed by atoms with Gasteiger partial charge in [-0.1, -0.05) is 53.4 Å². The molecule has 0 aliphatic carbocycles. The van der Waals surface area contributed by atoms with Gasteiger partial charge in [0.2, 0.25) is 0 Å². The second-order valence-electron chi connectivity index (χ2n) is 6.74. The highest BCUT2D eigenvalue weighted by atomic mass is 32.2. The quantitative estimate of drug-likeness (QED) is 0.293. The summed E-state index contributed by atoms with van der Waals surface area (Å²) in [5, 5.41) is 10.5. The van der Waals surface area contributed by atoms with Crippen LogP contribution in [0.3, 0.4) is 0 Å². The largest absolute Gasteiger partial charge is 0.301 e. The molecule has 2 heterocycles. The van der Waals surface area contributed by atoms with Crippen LogP contribution in [-0.4, -0.2) is 24.7 Å². The van der Waals surface area contributed by atoms with E-state index in [1.807, 2.05) is 26.0 Å². The van der Waals surface area contributed by atoms with E-state index in [0.717, 1.165) is 33.3 Å². The second kappa shape index (κ2) is 9.39. The zero-order valence-corrected chi connectivity index (χ0v) is 18.4. The highest BCUT2D eigenvalue weighted by Crippen LogP contribution is 2.26. The molecule has 0 aliphatic heterocycles. The van der Waals surface area contributed by atoms with E-state index in [1.54, 1.807) is 23.5 Å². The van der Waals surface area contributed by atoms with Gasteiger partial charge in [-0.05, 0) is 44.9 Å². The van der Waals surface area contributed by atoms with E-state index in [4.69, 9.17) is 0 Å². The first-order valence-electron chi connectivity index (χ1n) is 9.13. The van der Waals surface area contributed by atoms with Gasteiger partial charge in [-0.3, -0.25) is 0 Å². The van der Waals surface area contributed by atoms with Crippen molar-refractivity contribution in [2.45, 2.75) is 56.1 Å². The average Bonchev–Trinajstić information content (AvgIpc) is 3.02. The summed E-state index contributed by atoms with van der Waals surface area (Å²) in [6, 6.07) is 8.54.